The Morgan fingerprint density at radius 3 is 2.65 bits per heavy atom. The molecular weight excluding hydrogens is 286 g/mol. The zero-order valence-corrected chi connectivity index (χ0v) is 14.4. The lowest BCUT2D eigenvalue weighted by Crippen LogP contribution is -2.29. The second-order valence-electron chi connectivity index (χ2n) is 5.98. The van der Waals surface area contributed by atoms with Crippen LogP contribution in [0, 0.1) is 0 Å². The third-order valence-corrected chi connectivity index (χ3v) is 4.29. The molecule has 2 rings (SSSR count). The van der Waals surface area contributed by atoms with Gasteiger partial charge in [0.05, 0.1) is 0 Å². The van der Waals surface area contributed by atoms with Gasteiger partial charge in [-0.3, -0.25) is 4.79 Å². The van der Waals surface area contributed by atoms with E-state index in [4.69, 9.17) is 0 Å². The molecule has 23 heavy (non-hydrogen) atoms. The highest BCUT2D eigenvalue weighted by Crippen LogP contribution is 2.16. The zero-order valence-electron chi connectivity index (χ0n) is 14.4. The number of nitrogens with one attached hydrogen (secondary N) is 2. The van der Waals surface area contributed by atoms with Crippen LogP contribution in [0.15, 0.2) is 35.9 Å². The summed E-state index contributed by atoms with van der Waals surface area (Å²) in [6.45, 7) is 9.00. The molecule has 1 aromatic carbocycles. The number of rotatable bonds is 8. The highest BCUT2D eigenvalue weighted by molar-refractivity contribution is 5.94. The van der Waals surface area contributed by atoms with Crippen molar-refractivity contribution in [3.63, 3.8) is 0 Å². The van der Waals surface area contributed by atoms with Crippen LogP contribution < -0.4 is 15.5 Å². The molecule has 0 radical (unpaired) electrons. The van der Waals surface area contributed by atoms with Crippen molar-refractivity contribution >= 4 is 11.6 Å². The van der Waals surface area contributed by atoms with Crippen LogP contribution >= 0.6 is 0 Å². The van der Waals surface area contributed by atoms with E-state index >= 15 is 0 Å². The Bertz CT molecular complexity index is 522. The fourth-order valence-electron chi connectivity index (χ4n) is 2.77. The lowest BCUT2D eigenvalue weighted by molar-refractivity contribution is 0.0956. The summed E-state index contributed by atoms with van der Waals surface area (Å²) in [5.41, 5.74) is 3.24. The average molecular weight is 315 g/mol. The van der Waals surface area contributed by atoms with E-state index in [1.54, 1.807) is 0 Å². The summed E-state index contributed by atoms with van der Waals surface area (Å²) in [7, 11) is 0. The van der Waals surface area contributed by atoms with Gasteiger partial charge in [0.25, 0.3) is 5.91 Å². The minimum absolute atomic E-state index is 0.00703. The van der Waals surface area contributed by atoms with Gasteiger partial charge >= 0.3 is 0 Å². The summed E-state index contributed by atoms with van der Waals surface area (Å²) in [4.78, 5) is 14.6. The fourth-order valence-corrected chi connectivity index (χ4v) is 2.77. The van der Waals surface area contributed by atoms with Gasteiger partial charge in [-0.05, 0) is 50.6 Å². The first-order chi connectivity index (χ1) is 11.2. The summed E-state index contributed by atoms with van der Waals surface area (Å²) >= 11 is 0. The number of anilines is 1. The van der Waals surface area contributed by atoms with Crippen LogP contribution in [0.1, 0.15) is 43.5 Å². The lowest BCUT2D eigenvalue weighted by atomic mass is 10.1. The molecule has 1 aliphatic rings. The maximum atomic E-state index is 12.2. The Kier molecular flexibility index (Phi) is 7.14. The van der Waals surface area contributed by atoms with Crippen molar-refractivity contribution in [3.05, 3.63) is 41.5 Å². The van der Waals surface area contributed by atoms with Gasteiger partial charge in [-0.1, -0.05) is 25.0 Å². The molecule has 1 aliphatic heterocycles. The molecule has 0 spiro atoms. The molecule has 0 saturated carbocycles. The van der Waals surface area contributed by atoms with Gasteiger partial charge < -0.3 is 15.5 Å². The highest BCUT2D eigenvalue weighted by Gasteiger charge is 2.09. The molecule has 0 aromatic heterocycles. The molecule has 4 nitrogen and oxygen atoms in total. The number of hydrogen-bond donors (Lipinski definition) is 2. The summed E-state index contributed by atoms with van der Waals surface area (Å²) in [6.07, 6.45) is 5.57. The largest absolute Gasteiger partial charge is 0.372 e. The smallest absolute Gasteiger partial charge is 0.251 e. The van der Waals surface area contributed by atoms with Gasteiger partial charge in [0.1, 0.15) is 0 Å². The molecule has 0 fully saturated rings. The van der Waals surface area contributed by atoms with Gasteiger partial charge in [0.15, 0.2) is 0 Å². The fraction of sp³-hybridized carbons (Fsp3) is 0.526. The standard InChI is InChI=1S/C19H29N3O/c1-3-5-14-22(4-2)18-8-6-17(7-9-18)19(23)21-15-16-10-12-20-13-11-16/h6-10,20H,3-5,11-15H2,1-2H3,(H,21,23). The van der Waals surface area contributed by atoms with E-state index in [0.717, 1.165) is 38.2 Å². The van der Waals surface area contributed by atoms with E-state index in [0.29, 0.717) is 6.54 Å². The maximum absolute atomic E-state index is 12.2. The van der Waals surface area contributed by atoms with E-state index in [1.807, 2.05) is 12.1 Å². The van der Waals surface area contributed by atoms with Crippen molar-refractivity contribution in [1.82, 2.24) is 10.6 Å². The molecule has 0 atom stereocenters. The number of amides is 1. The number of carbonyl (C=O) groups is 1. The van der Waals surface area contributed by atoms with Crippen molar-refractivity contribution < 1.29 is 4.79 Å². The molecule has 1 heterocycles. The first-order valence-corrected chi connectivity index (χ1v) is 8.76. The minimum atomic E-state index is 0.00703. The Morgan fingerprint density at radius 1 is 1.26 bits per heavy atom. The SMILES string of the molecule is CCCCN(CC)c1ccc(C(=O)NCC2=CCNCC2)cc1. The van der Waals surface area contributed by atoms with E-state index in [2.05, 4.69) is 47.6 Å². The van der Waals surface area contributed by atoms with E-state index in [-0.39, 0.29) is 5.91 Å². The Balaban J connectivity index is 1.90. The predicted molar refractivity (Wildman–Crippen MR) is 97.1 cm³/mol. The molecule has 2 N–H and O–H groups in total. The van der Waals surface area contributed by atoms with Gasteiger partial charge in [-0.2, -0.15) is 0 Å². The number of benzene rings is 1. The van der Waals surface area contributed by atoms with Crippen LogP contribution in [0.5, 0.6) is 0 Å². The van der Waals surface area contributed by atoms with Gasteiger partial charge in [-0.25, -0.2) is 0 Å². The first kappa shape index (κ1) is 17.5. The minimum Gasteiger partial charge on any atom is -0.372 e. The molecule has 1 aromatic rings. The van der Waals surface area contributed by atoms with Crippen LogP contribution in [0.4, 0.5) is 5.69 Å². The summed E-state index contributed by atoms with van der Waals surface area (Å²) in [5.74, 6) is 0.00703. The molecule has 0 aliphatic carbocycles. The Hall–Kier alpha value is -1.81. The third kappa shape index (κ3) is 5.39. The predicted octanol–water partition coefficient (Wildman–Crippen LogP) is 2.96. The van der Waals surface area contributed by atoms with Crippen molar-refractivity contribution in [2.75, 3.05) is 37.6 Å². The lowest BCUT2D eigenvalue weighted by Gasteiger charge is -2.23. The van der Waals surface area contributed by atoms with Gasteiger partial charge in [0, 0.05) is 37.4 Å². The van der Waals surface area contributed by atoms with Gasteiger partial charge in [0.2, 0.25) is 0 Å². The topological polar surface area (TPSA) is 44.4 Å². The van der Waals surface area contributed by atoms with Crippen LogP contribution in [0.3, 0.4) is 0 Å². The zero-order chi connectivity index (χ0) is 16.5. The number of unbranched alkanes of at least 4 members (excludes halogenated alkanes) is 1. The van der Waals surface area contributed by atoms with Crippen LogP contribution in [0.25, 0.3) is 0 Å². The third-order valence-electron chi connectivity index (χ3n) is 4.29. The first-order valence-electron chi connectivity index (χ1n) is 8.76. The summed E-state index contributed by atoms with van der Waals surface area (Å²) in [6, 6.07) is 7.96. The number of carbonyl (C=O) groups excluding carboxylic acids is 1. The van der Waals surface area contributed by atoms with E-state index < -0.39 is 0 Å². The molecule has 126 valence electrons. The van der Waals surface area contributed by atoms with E-state index in [9.17, 15) is 4.79 Å². The molecule has 0 bridgehead atoms. The second-order valence-corrected chi connectivity index (χ2v) is 5.98. The monoisotopic (exact) mass is 315 g/mol. The van der Waals surface area contributed by atoms with Gasteiger partial charge in [-0.15, -0.1) is 0 Å². The average Bonchev–Trinajstić information content (AvgIpc) is 2.62. The quantitative estimate of drug-likeness (QED) is 0.725. The maximum Gasteiger partial charge on any atom is 0.251 e. The summed E-state index contributed by atoms with van der Waals surface area (Å²) in [5, 5.41) is 6.29. The van der Waals surface area contributed by atoms with Crippen molar-refractivity contribution in [1.29, 1.82) is 0 Å². The van der Waals surface area contributed by atoms with Crippen LogP contribution in [-0.4, -0.2) is 38.6 Å². The highest BCUT2D eigenvalue weighted by atomic mass is 16.1. The second kappa shape index (κ2) is 9.36. The van der Waals surface area contributed by atoms with Crippen molar-refractivity contribution in [2.24, 2.45) is 0 Å². The van der Waals surface area contributed by atoms with Crippen molar-refractivity contribution in [3.8, 4) is 0 Å². The molecule has 1 amide bonds. The Morgan fingerprint density at radius 2 is 2.04 bits per heavy atom. The van der Waals surface area contributed by atoms with Crippen LogP contribution in [0.2, 0.25) is 0 Å². The molecular formula is C19H29N3O. The number of nitrogens with zero attached hydrogens (tertiary/aromatic N) is 1. The van der Waals surface area contributed by atoms with Crippen LogP contribution in [-0.2, 0) is 0 Å². The normalized spacial score (nSPS) is 14.3. The van der Waals surface area contributed by atoms with E-state index in [1.165, 1.54) is 24.1 Å². The number of hydrogen-bond acceptors (Lipinski definition) is 3. The molecule has 0 saturated heterocycles. The Labute approximate surface area is 140 Å². The molecule has 4 heteroatoms. The molecule has 0 unspecified atom stereocenters. The van der Waals surface area contributed by atoms with Crippen molar-refractivity contribution in [2.45, 2.75) is 33.1 Å². The summed E-state index contributed by atoms with van der Waals surface area (Å²) < 4.78 is 0.